The molecule has 0 aromatic heterocycles. The SMILES string of the molecule is CCO[C@@H](Cc1ccc(OCC=C(C)c2ccc(-c3cccc(OC)c3)cc2)cc1)C(=O)O. The molecule has 0 heterocycles. The van der Waals surface area contributed by atoms with E-state index in [4.69, 9.17) is 14.2 Å². The molecule has 0 aliphatic rings. The van der Waals surface area contributed by atoms with Gasteiger partial charge in [0.2, 0.25) is 0 Å². The lowest BCUT2D eigenvalue weighted by Crippen LogP contribution is -2.26. The van der Waals surface area contributed by atoms with Crippen molar-refractivity contribution in [3.05, 3.63) is 90.0 Å². The summed E-state index contributed by atoms with van der Waals surface area (Å²) >= 11 is 0. The molecule has 0 fully saturated rings. The Labute approximate surface area is 195 Å². The lowest BCUT2D eigenvalue weighted by atomic mass is 10.0. The number of allylic oxidation sites excluding steroid dienone is 1. The van der Waals surface area contributed by atoms with Gasteiger partial charge >= 0.3 is 5.97 Å². The first-order valence-electron chi connectivity index (χ1n) is 11.0. The largest absolute Gasteiger partial charge is 0.497 e. The van der Waals surface area contributed by atoms with Crippen LogP contribution in [0.5, 0.6) is 11.5 Å². The first-order valence-corrected chi connectivity index (χ1v) is 11.0. The molecule has 0 radical (unpaired) electrons. The zero-order chi connectivity index (χ0) is 23.6. The first-order chi connectivity index (χ1) is 16.0. The number of carboxylic acids is 1. The van der Waals surface area contributed by atoms with Crippen LogP contribution in [-0.2, 0) is 16.0 Å². The summed E-state index contributed by atoms with van der Waals surface area (Å²) in [6.07, 6.45) is 1.54. The number of benzene rings is 3. The van der Waals surface area contributed by atoms with Crippen molar-refractivity contribution >= 4 is 11.5 Å². The number of aliphatic carboxylic acids is 1. The molecule has 5 nitrogen and oxygen atoms in total. The van der Waals surface area contributed by atoms with Crippen LogP contribution in [-0.4, -0.2) is 37.5 Å². The quantitative estimate of drug-likeness (QED) is 0.399. The number of carboxylic acid groups (broad SMARTS) is 1. The van der Waals surface area contributed by atoms with Crippen LogP contribution >= 0.6 is 0 Å². The maximum Gasteiger partial charge on any atom is 0.333 e. The molecule has 1 N–H and O–H groups in total. The molecule has 0 unspecified atom stereocenters. The highest BCUT2D eigenvalue weighted by Gasteiger charge is 2.17. The zero-order valence-electron chi connectivity index (χ0n) is 19.3. The highest BCUT2D eigenvalue weighted by molar-refractivity contribution is 5.73. The van der Waals surface area contributed by atoms with Gasteiger partial charge in [0.25, 0.3) is 0 Å². The van der Waals surface area contributed by atoms with Crippen LogP contribution < -0.4 is 9.47 Å². The standard InChI is InChI=1S/C28H30O5/c1-4-32-27(28(29)30)18-21-8-14-25(15-9-21)33-17-16-20(2)22-10-12-23(13-11-22)24-6-5-7-26(19-24)31-3/h5-16,19,27H,4,17-18H2,1-3H3,(H,29,30)/t27-/m0/s1. The smallest absolute Gasteiger partial charge is 0.333 e. The lowest BCUT2D eigenvalue weighted by molar-refractivity contribution is -0.149. The van der Waals surface area contributed by atoms with Gasteiger partial charge in [-0.25, -0.2) is 4.79 Å². The molecular weight excluding hydrogens is 416 g/mol. The minimum atomic E-state index is -0.950. The normalized spacial score (nSPS) is 12.3. The molecule has 33 heavy (non-hydrogen) atoms. The average Bonchev–Trinajstić information content (AvgIpc) is 2.84. The Balaban J connectivity index is 1.56. The highest BCUT2D eigenvalue weighted by atomic mass is 16.5. The van der Waals surface area contributed by atoms with Crippen LogP contribution in [0, 0.1) is 0 Å². The Bertz CT molecular complexity index is 1070. The monoisotopic (exact) mass is 446 g/mol. The lowest BCUT2D eigenvalue weighted by Gasteiger charge is -2.12. The number of hydrogen-bond donors (Lipinski definition) is 1. The van der Waals surface area contributed by atoms with Crippen LogP contribution in [0.1, 0.15) is 25.0 Å². The van der Waals surface area contributed by atoms with Gasteiger partial charge in [0.1, 0.15) is 18.1 Å². The summed E-state index contributed by atoms with van der Waals surface area (Å²) in [4.78, 5) is 11.2. The van der Waals surface area contributed by atoms with Crippen LogP contribution in [0.4, 0.5) is 0 Å². The number of methoxy groups -OCH3 is 1. The zero-order valence-corrected chi connectivity index (χ0v) is 19.3. The molecule has 0 bridgehead atoms. The molecule has 172 valence electrons. The molecule has 5 heteroatoms. The molecule has 3 rings (SSSR count). The summed E-state index contributed by atoms with van der Waals surface area (Å²) in [5.74, 6) is 0.627. The molecule has 1 atom stereocenters. The third-order valence-electron chi connectivity index (χ3n) is 5.37. The topological polar surface area (TPSA) is 65.0 Å². The Morgan fingerprint density at radius 2 is 1.70 bits per heavy atom. The Kier molecular flexibility index (Phi) is 8.67. The molecule has 3 aromatic carbocycles. The molecule has 0 amide bonds. The van der Waals surface area contributed by atoms with Gasteiger partial charge in [0.15, 0.2) is 6.10 Å². The first kappa shape index (κ1) is 24.1. The second-order valence-corrected chi connectivity index (χ2v) is 7.64. The fourth-order valence-corrected chi connectivity index (χ4v) is 3.46. The summed E-state index contributed by atoms with van der Waals surface area (Å²) in [7, 11) is 1.67. The van der Waals surface area contributed by atoms with Crippen LogP contribution in [0.2, 0.25) is 0 Å². The number of carbonyl (C=O) groups is 1. The van der Waals surface area contributed by atoms with Crippen molar-refractivity contribution in [1.82, 2.24) is 0 Å². The van der Waals surface area contributed by atoms with E-state index in [0.717, 1.165) is 39.3 Å². The van der Waals surface area contributed by atoms with E-state index in [0.29, 0.717) is 19.6 Å². The van der Waals surface area contributed by atoms with E-state index in [1.165, 1.54) is 0 Å². The molecule has 0 aliphatic carbocycles. The van der Waals surface area contributed by atoms with E-state index in [1.807, 2.05) is 48.5 Å². The van der Waals surface area contributed by atoms with Gasteiger partial charge < -0.3 is 19.3 Å². The fourth-order valence-electron chi connectivity index (χ4n) is 3.46. The molecule has 0 aliphatic heterocycles. The summed E-state index contributed by atoms with van der Waals surface area (Å²) in [5.41, 5.74) is 5.41. The van der Waals surface area contributed by atoms with Gasteiger partial charge in [-0.15, -0.1) is 0 Å². The van der Waals surface area contributed by atoms with Gasteiger partial charge in [0, 0.05) is 13.0 Å². The predicted octanol–water partition coefficient (Wildman–Crippen LogP) is 5.88. The average molecular weight is 447 g/mol. The minimum absolute atomic E-state index is 0.328. The number of hydrogen-bond acceptors (Lipinski definition) is 4. The van der Waals surface area contributed by atoms with E-state index in [9.17, 15) is 9.90 Å². The summed E-state index contributed by atoms with van der Waals surface area (Å²) in [6.45, 7) is 4.66. The molecular formula is C28H30O5. The van der Waals surface area contributed by atoms with E-state index in [1.54, 1.807) is 14.0 Å². The van der Waals surface area contributed by atoms with Crippen molar-refractivity contribution in [3.63, 3.8) is 0 Å². The fraction of sp³-hybridized carbons (Fsp3) is 0.250. The maximum atomic E-state index is 11.2. The van der Waals surface area contributed by atoms with Crippen molar-refractivity contribution in [3.8, 4) is 22.6 Å². The van der Waals surface area contributed by atoms with Crippen LogP contribution in [0.3, 0.4) is 0 Å². The van der Waals surface area contributed by atoms with Crippen molar-refractivity contribution in [2.24, 2.45) is 0 Å². The summed E-state index contributed by atoms with van der Waals surface area (Å²) < 4.78 is 16.4. The molecule has 0 saturated heterocycles. The summed E-state index contributed by atoms with van der Waals surface area (Å²) in [6, 6.07) is 23.9. The van der Waals surface area contributed by atoms with Gasteiger partial charge in [-0.05, 0) is 72.0 Å². The maximum absolute atomic E-state index is 11.2. The van der Waals surface area contributed by atoms with Crippen molar-refractivity contribution in [2.45, 2.75) is 26.4 Å². The minimum Gasteiger partial charge on any atom is -0.497 e. The van der Waals surface area contributed by atoms with Crippen LogP contribution in [0.25, 0.3) is 16.7 Å². The van der Waals surface area contributed by atoms with Crippen molar-refractivity contribution < 1.29 is 24.1 Å². The molecule has 3 aromatic rings. The predicted molar refractivity (Wildman–Crippen MR) is 131 cm³/mol. The number of rotatable bonds is 11. The van der Waals surface area contributed by atoms with Gasteiger partial charge in [-0.2, -0.15) is 0 Å². The summed E-state index contributed by atoms with van der Waals surface area (Å²) in [5, 5.41) is 9.22. The van der Waals surface area contributed by atoms with Gasteiger partial charge in [0.05, 0.1) is 7.11 Å². The molecule has 0 saturated carbocycles. The van der Waals surface area contributed by atoms with Gasteiger partial charge in [-0.3, -0.25) is 0 Å². The van der Waals surface area contributed by atoms with Crippen molar-refractivity contribution in [2.75, 3.05) is 20.3 Å². The molecule has 0 spiro atoms. The third-order valence-corrected chi connectivity index (χ3v) is 5.37. The van der Waals surface area contributed by atoms with Crippen LogP contribution in [0.15, 0.2) is 78.9 Å². The van der Waals surface area contributed by atoms with E-state index < -0.39 is 12.1 Å². The second kappa shape index (κ2) is 11.9. The van der Waals surface area contributed by atoms with Crippen molar-refractivity contribution in [1.29, 1.82) is 0 Å². The number of ether oxygens (including phenoxy) is 3. The van der Waals surface area contributed by atoms with E-state index >= 15 is 0 Å². The van der Waals surface area contributed by atoms with Gasteiger partial charge in [-0.1, -0.05) is 48.5 Å². The Morgan fingerprint density at radius 3 is 2.33 bits per heavy atom. The Morgan fingerprint density at radius 1 is 0.970 bits per heavy atom. The Hall–Kier alpha value is -3.57. The third kappa shape index (κ3) is 6.96. The van der Waals surface area contributed by atoms with E-state index in [-0.39, 0.29) is 0 Å². The van der Waals surface area contributed by atoms with E-state index in [2.05, 4.69) is 37.3 Å². The second-order valence-electron chi connectivity index (χ2n) is 7.64. The highest BCUT2D eigenvalue weighted by Crippen LogP contribution is 2.25.